The molecule has 0 aromatic carbocycles. The molecule has 0 fully saturated rings. The topological polar surface area (TPSA) is 121 Å². The molecule has 1 atom stereocenters. The van der Waals surface area contributed by atoms with Gasteiger partial charge in [0.2, 0.25) is 0 Å². The number of rotatable bonds is 4. The summed E-state index contributed by atoms with van der Waals surface area (Å²) in [6, 6.07) is 0.565. The van der Waals surface area contributed by atoms with E-state index in [0.717, 1.165) is 10.9 Å². The van der Waals surface area contributed by atoms with Gasteiger partial charge in [-0.25, -0.2) is 13.1 Å². The molecule has 16 heavy (non-hydrogen) atoms. The molecule has 0 amide bonds. The van der Waals surface area contributed by atoms with E-state index >= 15 is 0 Å². The van der Waals surface area contributed by atoms with E-state index in [-0.39, 0.29) is 18.0 Å². The normalized spacial score (nSPS) is 13.6. The number of nitrogen functional groups attached to an aromatic ring is 1. The predicted molar refractivity (Wildman–Crippen MR) is 59.6 cm³/mol. The Morgan fingerprint density at radius 3 is 2.69 bits per heavy atom. The smallest absolute Gasteiger partial charge is 0.263 e. The summed E-state index contributed by atoms with van der Waals surface area (Å²) in [6.45, 7) is 0. The van der Waals surface area contributed by atoms with Gasteiger partial charge in [-0.2, -0.15) is 0 Å². The van der Waals surface area contributed by atoms with Crippen LogP contribution in [0.4, 0.5) is 5.82 Å². The zero-order chi connectivity index (χ0) is 12.3. The van der Waals surface area contributed by atoms with Crippen molar-refractivity contribution in [1.29, 1.82) is 0 Å². The van der Waals surface area contributed by atoms with Crippen LogP contribution in [-0.2, 0) is 9.84 Å². The first kappa shape index (κ1) is 12.7. The molecule has 1 aromatic rings. The Balaban J connectivity index is 2.61. The van der Waals surface area contributed by atoms with Crippen molar-refractivity contribution in [2.24, 2.45) is 5.73 Å². The fourth-order valence-electron chi connectivity index (χ4n) is 1.10. The molecule has 8 heteroatoms. The van der Waals surface area contributed by atoms with Gasteiger partial charge >= 0.3 is 0 Å². The summed E-state index contributed by atoms with van der Waals surface area (Å²) >= 11 is 0. The van der Waals surface area contributed by atoms with Gasteiger partial charge in [-0.15, -0.1) is 5.10 Å². The molecule has 0 radical (unpaired) electrons. The average Bonchev–Trinajstić information content (AvgIpc) is 2.59. The van der Waals surface area contributed by atoms with Gasteiger partial charge in [0.1, 0.15) is 15.7 Å². The van der Waals surface area contributed by atoms with Crippen LogP contribution < -0.4 is 11.5 Å². The lowest BCUT2D eigenvalue weighted by Crippen LogP contribution is -2.36. The monoisotopic (exact) mass is 246 g/mol. The second kappa shape index (κ2) is 4.62. The molecule has 0 unspecified atom stereocenters. The van der Waals surface area contributed by atoms with Crippen LogP contribution in [0.15, 0.2) is 12.3 Å². The molecule has 1 aromatic heterocycles. The van der Waals surface area contributed by atoms with Crippen LogP contribution in [0.3, 0.4) is 0 Å². The maximum absolute atomic E-state index is 11.6. The largest absolute Gasteiger partial charge is 0.382 e. The summed E-state index contributed by atoms with van der Waals surface area (Å²) in [5.41, 5.74) is 10.9. The summed E-state index contributed by atoms with van der Waals surface area (Å²) < 4.78 is 22.8. The Labute approximate surface area is 93.3 Å². The van der Waals surface area contributed by atoms with Crippen molar-refractivity contribution in [3.63, 3.8) is 0 Å². The molecule has 0 spiro atoms. The number of hydrogen-bond acceptors (Lipinski definition) is 6. The van der Waals surface area contributed by atoms with E-state index < -0.39 is 21.8 Å². The highest BCUT2D eigenvalue weighted by Gasteiger charge is 2.18. The van der Waals surface area contributed by atoms with Crippen molar-refractivity contribution in [2.45, 2.75) is 12.5 Å². The summed E-state index contributed by atoms with van der Waals surface area (Å²) in [4.78, 5) is 11.6. The van der Waals surface area contributed by atoms with Crippen LogP contribution in [0.5, 0.6) is 0 Å². The van der Waals surface area contributed by atoms with Crippen molar-refractivity contribution in [3.05, 3.63) is 12.3 Å². The Hall–Kier alpha value is -1.41. The quantitative estimate of drug-likeness (QED) is 0.693. The minimum Gasteiger partial charge on any atom is -0.382 e. The zero-order valence-electron chi connectivity index (χ0n) is 8.83. The van der Waals surface area contributed by atoms with Gasteiger partial charge in [-0.05, 0) is 6.42 Å². The fraction of sp³-hybridized carbons (Fsp3) is 0.500. The maximum atomic E-state index is 11.6. The third-order valence-corrected chi connectivity index (χ3v) is 2.93. The summed E-state index contributed by atoms with van der Waals surface area (Å²) in [5.74, 6) is -0.388. The summed E-state index contributed by atoms with van der Waals surface area (Å²) in [5, 5.41) is 3.69. The summed E-state index contributed by atoms with van der Waals surface area (Å²) in [6.07, 6.45) is 2.55. The molecule has 0 saturated carbocycles. The number of carbonyl (C=O) groups excluding carboxylic acids is 1. The van der Waals surface area contributed by atoms with Crippen molar-refractivity contribution >= 4 is 21.6 Å². The minimum absolute atomic E-state index is 0.0669. The summed E-state index contributed by atoms with van der Waals surface area (Å²) in [7, 11) is -3.12. The van der Waals surface area contributed by atoms with Crippen molar-refractivity contribution in [1.82, 2.24) is 9.78 Å². The maximum Gasteiger partial charge on any atom is 0.263 e. The Bertz CT molecular complexity index is 479. The molecular weight excluding hydrogens is 232 g/mol. The molecular formula is C8H14N4O3S. The minimum atomic E-state index is -3.12. The third kappa shape index (κ3) is 3.63. The fourth-order valence-corrected chi connectivity index (χ4v) is 1.78. The first-order valence-electron chi connectivity index (χ1n) is 4.58. The van der Waals surface area contributed by atoms with E-state index in [0.29, 0.717) is 0 Å². The second-order valence-electron chi connectivity index (χ2n) is 3.55. The van der Waals surface area contributed by atoms with Gasteiger partial charge < -0.3 is 11.5 Å². The molecule has 90 valence electrons. The van der Waals surface area contributed by atoms with Crippen molar-refractivity contribution in [3.8, 4) is 0 Å². The molecule has 1 rings (SSSR count). The lowest BCUT2D eigenvalue weighted by molar-refractivity contribution is 0.0862. The van der Waals surface area contributed by atoms with Crippen LogP contribution in [0.1, 0.15) is 11.2 Å². The lowest BCUT2D eigenvalue weighted by Gasteiger charge is -2.08. The van der Waals surface area contributed by atoms with E-state index in [9.17, 15) is 13.2 Å². The number of nitrogens with two attached hydrogens (primary N) is 2. The SMILES string of the molecule is CS(=O)(=O)CC[C@H](N)C(=O)n1ccc(N)n1. The molecule has 7 nitrogen and oxygen atoms in total. The first-order chi connectivity index (χ1) is 7.29. The van der Waals surface area contributed by atoms with Gasteiger partial charge in [0.25, 0.3) is 5.91 Å². The first-order valence-corrected chi connectivity index (χ1v) is 6.64. The van der Waals surface area contributed by atoms with Gasteiger partial charge in [0.05, 0.1) is 11.8 Å². The molecule has 0 aliphatic carbocycles. The predicted octanol–water partition coefficient (Wildman–Crippen LogP) is -1.13. The highest BCUT2D eigenvalue weighted by Crippen LogP contribution is 2.00. The molecule has 0 saturated heterocycles. The van der Waals surface area contributed by atoms with Crippen LogP contribution in [0, 0.1) is 0 Å². The third-order valence-electron chi connectivity index (χ3n) is 1.95. The Kier molecular flexibility index (Phi) is 3.66. The Morgan fingerprint density at radius 2 is 2.25 bits per heavy atom. The number of hydrogen-bond donors (Lipinski definition) is 2. The van der Waals surface area contributed by atoms with Crippen LogP contribution in [0.2, 0.25) is 0 Å². The van der Waals surface area contributed by atoms with E-state index in [1.54, 1.807) is 0 Å². The van der Waals surface area contributed by atoms with Gasteiger partial charge in [0, 0.05) is 18.5 Å². The number of anilines is 1. The second-order valence-corrected chi connectivity index (χ2v) is 5.81. The molecule has 0 aliphatic heterocycles. The Morgan fingerprint density at radius 1 is 1.62 bits per heavy atom. The zero-order valence-corrected chi connectivity index (χ0v) is 9.64. The molecule has 0 bridgehead atoms. The van der Waals surface area contributed by atoms with Crippen LogP contribution >= 0.6 is 0 Å². The van der Waals surface area contributed by atoms with Crippen molar-refractivity contribution < 1.29 is 13.2 Å². The number of carbonyl (C=O) groups is 1. The van der Waals surface area contributed by atoms with E-state index in [1.807, 2.05) is 0 Å². The lowest BCUT2D eigenvalue weighted by atomic mass is 10.2. The van der Waals surface area contributed by atoms with E-state index in [2.05, 4.69) is 5.10 Å². The average molecular weight is 246 g/mol. The molecule has 1 heterocycles. The van der Waals surface area contributed by atoms with Gasteiger partial charge in [-0.1, -0.05) is 0 Å². The standard InChI is InChI=1S/C8H14N4O3S/c1-16(14,15)5-3-6(9)8(13)12-4-2-7(10)11-12/h2,4,6H,3,5,9H2,1H3,(H2,10,11)/t6-/m0/s1. The highest BCUT2D eigenvalue weighted by atomic mass is 32.2. The number of nitrogens with zero attached hydrogens (tertiary/aromatic N) is 2. The molecule has 4 N–H and O–H groups in total. The number of aromatic nitrogens is 2. The van der Waals surface area contributed by atoms with Crippen molar-refractivity contribution in [2.75, 3.05) is 17.7 Å². The van der Waals surface area contributed by atoms with Crippen LogP contribution in [0.25, 0.3) is 0 Å². The van der Waals surface area contributed by atoms with Gasteiger partial charge in [-0.3, -0.25) is 4.79 Å². The van der Waals surface area contributed by atoms with Crippen LogP contribution in [-0.4, -0.2) is 42.2 Å². The van der Waals surface area contributed by atoms with Gasteiger partial charge in [0.15, 0.2) is 0 Å². The van der Waals surface area contributed by atoms with E-state index in [4.69, 9.17) is 11.5 Å². The van der Waals surface area contributed by atoms with E-state index in [1.165, 1.54) is 12.3 Å². The number of sulfone groups is 1. The highest BCUT2D eigenvalue weighted by molar-refractivity contribution is 7.90. The molecule has 0 aliphatic rings.